The van der Waals surface area contributed by atoms with Crippen molar-refractivity contribution < 1.29 is 18.0 Å². The van der Waals surface area contributed by atoms with Gasteiger partial charge in [0.25, 0.3) is 0 Å². The molecule has 1 saturated heterocycles. The molecule has 1 aromatic carbocycles. The molecule has 1 aliphatic carbocycles. The van der Waals surface area contributed by atoms with Crippen molar-refractivity contribution in [2.24, 2.45) is 7.05 Å². The number of alkyl halides is 3. The van der Waals surface area contributed by atoms with Gasteiger partial charge in [-0.15, -0.1) is 0 Å². The normalized spacial score (nSPS) is 18.9. The minimum Gasteiger partial charge on any atom is -0.324 e. The van der Waals surface area contributed by atoms with Crippen LogP contribution in [-0.4, -0.2) is 44.8 Å². The van der Waals surface area contributed by atoms with E-state index in [1.165, 1.54) is 22.9 Å². The molecule has 0 spiro atoms. The molecule has 1 aromatic heterocycles. The van der Waals surface area contributed by atoms with Gasteiger partial charge in [-0.05, 0) is 50.9 Å². The van der Waals surface area contributed by atoms with Gasteiger partial charge in [-0.3, -0.25) is 14.3 Å². The van der Waals surface area contributed by atoms with E-state index in [9.17, 15) is 22.8 Å². The van der Waals surface area contributed by atoms with E-state index < -0.39 is 17.6 Å². The van der Waals surface area contributed by atoms with Gasteiger partial charge in [0, 0.05) is 19.0 Å². The van der Waals surface area contributed by atoms with E-state index in [0.717, 1.165) is 50.4 Å². The predicted octanol–water partition coefficient (Wildman–Crippen LogP) is 3.53. The maximum absolute atomic E-state index is 13.1. The minimum atomic E-state index is -4.53. The number of aryl methyl sites for hydroxylation is 1. The molecular weight excluding hydrogens is 423 g/mol. The molecule has 4 rings (SSSR count). The maximum Gasteiger partial charge on any atom is 0.418 e. The zero-order chi connectivity index (χ0) is 22.9. The number of rotatable bonds is 5. The Morgan fingerprint density at radius 2 is 1.78 bits per heavy atom. The molecule has 2 aliphatic rings. The third kappa shape index (κ3) is 4.74. The number of anilines is 1. The van der Waals surface area contributed by atoms with E-state index in [4.69, 9.17) is 0 Å². The average molecular weight is 451 g/mol. The fraction of sp³-hybridized carbons (Fsp3) is 0.591. The van der Waals surface area contributed by atoms with Gasteiger partial charge < -0.3 is 5.32 Å². The van der Waals surface area contributed by atoms with Gasteiger partial charge >= 0.3 is 11.9 Å². The van der Waals surface area contributed by atoms with Crippen LogP contribution in [0.4, 0.5) is 18.9 Å². The summed E-state index contributed by atoms with van der Waals surface area (Å²) >= 11 is 0. The quantitative estimate of drug-likeness (QED) is 0.755. The van der Waals surface area contributed by atoms with Crippen LogP contribution >= 0.6 is 0 Å². The van der Waals surface area contributed by atoms with Crippen molar-refractivity contribution in [2.75, 3.05) is 25.0 Å². The summed E-state index contributed by atoms with van der Waals surface area (Å²) in [7, 11) is 1.68. The third-order valence-corrected chi connectivity index (χ3v) is 6.50. The fourth-order valence-electron chi connectivity index (χ4n) is 4.86. The van der Waals surface area contributed by atoms with Gasteiger partial charge in [0.1, 0.15) is 5.82 Å². The van der Waals surface area contributed by atoms with Crippen LogP contribution in [0.25, 0.3) is 0 Å². The molecule has 0 atom stereocenters. The topological polar surface area (TPSA) is 72.2 Å². The summed E-state index contributed by atoms with van der Waals surface area (Å²) in [5.41, 5.74) is -1.15. The molecule has 2 fully saturated rings. The first kappa shape index (κ1) is 22.6. The lowest BCUT2D eigenvalue weighted by molar-refractivity contribution is -0.137. The Labute approximate surface area is 184 Å². The predicted molar refractivity (Wildman–Crippen MR) is 113 cm³/mol. The maximum atomic E-state index is 13.1. The molecule has 1 saturated carbocycles. The Balaban J connectivity index is 1.37. The zero-order valence-electron chi connectivity index (χ0n) is 18.1. The number of piperidine rings is 1. The number of likely N-dealkylation sites (tertiary alicyclic amines) is 1. The second kappa shape index (κ2) is 9.09. The molecule has 32 heavy (non-hydrogen) atoms. The number of hydrogen-bond acceptors (Lipinski definition) is 4. The molecule has 7 nitrogen and oxygen atoms in total. The number of halogens is 3. The number of benzene rings is 1. The Bertz CT molecular complexity index is 1020. The van der Waals surface area contributed by atoms with Gasteiger partial charge in [0.05, 0.1) is 17.8 Å². The van der Waals surface area contributed by atoms with Gasteiger partial charge in [0.2, 0.25) is 5.91 Å². The first-order chi connectivity index (χ1) is 15.2. The van der Waals surface area contributed by atoms with Gasteiger partial charge in [-0.25, -0.2) is 9.48 Å². The van der Waals surface area contributed by atoms with Crippen molar-refractivity contribution in [1.82, 2.24) is 19.2 Å². The summed E-state index contributed by atoms with van der Waals surface area (Å²) in [5, 5.41) is 6.92. The molecule has 1 amide bonds. The molecule has 2 aromatic rings. The van der Waals surface area contributed by atoms with Crippen LogP contribution in [0, 0.1) is 0 Å². The second-order valence-electron chi connectivity index (χ2n) is 8.71. The van der Waals surface area contributed by atoms with Crippen LogP contribution in [-0.2, 0) is 18.0 Å². The van der Waals surface area contributed by atoms with E-state index in [2.05, 4.69) is 10.4 Å². The van der Waals surface area contributed by atoms with E-state index in [1.807, 2.05) is 9.47 Å². The monoisotopic (exact) mass is 451 g/mol. The number of carbonyl (C=O) groups is 1. The van der Waals surface area contributed by atoms with Crippen LogP contribution in [0.5, 0.6) is 0 Å². The number of carbonyl (C=O) groups excluding carboxylic acids is 1. The Morgan fingerprint density at radius 1 is 1.12 bits per heavy atom. The summed E-state index contributed by atoms with van der Waals surface area (Å²) < 4.78 is 42.7. The molecule has 1 N–H and O–H groups in total. The highest BCUT2D eigenvalue weighted by Crippen LogP contribution is 2.35. The summed E-state index contributed by atoms with van der Waals surface area (Å²) in [5.74, 6) is 0.489. The van der Waals surface area contributed by atoms with Crippen LogP contribution in [0.3, 0.4) is 0 Å². The molecular formula is C22H28F3N5O2. The van der Waals surface area contributed by atoms with Crippen molar-refractivity contribution in [1.29, 1.82) is 0 Å². The summed E-state index contributed by atoms with van der Waals surface area (Å²) in [6.45, 7) is 1.26. The lowest BCUT2D eigenvalue weighted by Gasteiger charge is -2.31. The van der Waals surface area contributed by atoms with Gasteiger partial charge in [0.15, 0.2) is 0 Å². The van der Waals surface area contributed by atoms with Crippen molar-refractivity contribution in [3.05, 3.63) is 46.1 Å². The van der Waals surface area contributed by atoms with Gasteiger partial charge in [-0.2, -0.15) is 18.3 Å². The standard InChI is InChI=1S/C22H28F3N5O2/c1-28-21(32)30(16-6-2-3-7-16)20(27-28)15-10-12-29(13-11-15)14-19(31)26-18-9-5-4-8-17(18)22(23,24)25/h4-5,8-9,15-16H,2-3,6-7,10-14H2,1H3,(H,26,31). The number of amides is 1. The highest BCUT2D eigenvalue weighted by molar-refractivity contribution is 5.93. The average Bonchev–Trinajstić information content (AvgIpc) is 3.36. The van der Waals surface area contributed by atoms with E-state index in [0.29, 0.717) is 13.1 Å². The van der Waals surface area contributed by atoms with Crippen LogP contribution in [0.15, 0.2) is 29.1 Å². The molecule has 2 heterocycles. The van der Waals surface area contributed by atoms with Crippen LogP contribution in [0.1, 0.15) is 61.9 Å². The molecule has 174 valence electrons. The smallest absolute Gasteiger partial charge is 0.324 e. The van der Waals surface area contributed by atoms with Crippen LogP contribution < -0.4 is 11.0 Å². The number of aromatic nitrogens is 3. The highest BCUT2D eigenvalue weighted by Gasteiger charge is 2.34. The molecule has 0 radical (unpaired) electrons. The number of nitrogens with one attached hydrogen (secondary N) is 1. The summed E-state index contributed by atoms with van der Waals surface area (Å²) in [6.07, 6.45) is 1.20. The number of hydrogen-bond donors (Lipinski definition) is 1. The molecule has 10 heteroatoms. The van der Waals surface area contributed by atoms with Crippen molar-refractivity contribution in [2.45, 2.75) is 56.7 Å². The number of nitrogens with zero attached hydrogens (tertiary/aromatic N) is 4. The lowest BCUT2D eigenvalue weighted by atomic mass is 9.95. The van der Waals surface area contributed by atoms with Crippen molar-refractivity contribution in [3.8, 4) is 0 Å². The zero-order valence-corrected chi connectivity index (χ0v) is 18.1. The van der Waals surface area contributed by atoms with E-state index >= 15 is 0 Å². The molecule has 1 aliphatic heterocycles. The SMILES string of the molecule is Cn1nc(C2CCN(CC(=O)Nc3ccccc3C(F)(F)F)CC2)n(C2CCCC2)c1=O. The van der Waals surface area contributed by atoms with Crippen molar-refractivity contribution in [3.63, 3.8) is 0 Å². The second-order valence-corrected chi connectivity index (χ2v) is 8.71. The molecule has 0 bridgehead atoms. The number of para-hydroxylation sites is 1. The highest BCUT2D eigenvalue weighted by atomic mass is 19.4. The van der Waals surface area contributed by atoms with Crippen molar-refractivity contribution >= 4 is 11.6 Å². The largest absolute Gasteiger partial charge is 0.418 e. The fourth-order valence-corrected chi connectivity index (χ4v) is 4.86. The Hall–Kier alpha value is -2.62. The first-order valence-corrected chi connectivity index (χ1v) is 11.1. The minimum absolute atomic E-state index is 0.0244. The van der Waals surface area contributed by atoms with E-state index in [1.54, 1.807) is 7.05 Å². The lowest BCUT2D eigenvalue weighted by Crippen LogP contribution is -2.39. The molecule has 0 unspecified atom stereocenters. The van der Waals surface area contributed by atoms with Crippen LogP contribution in [0.2, 0.25) is 0 Å². The van der Waals surface area contributed by atoms with E-state index in [-0.39, 0.29) is 29.9 Å². The Kier molecular flexibility index (Phi) is 6.41. The van der Waals surface area contributed by atoms with Gasteiger partial charge in [-0.1, -0.05) is 25.0 Å². The first-order valence-electron chi connectivity index (χ1n) is 11.1. The third-order valence-electron chi connectivity index (χ3n) is 6.50. The summed E-state index contributed by atoms with van der Waals surface area (Å²) in [4.78, 5) is 27.0. The summed E-state index contributed by atoms with van der Waals surface area (Å²) in [6, 6.07) is 5.19. The Morgan fingerprint density at radius 3 is 2.44 bits per heavy atom.